The predicted molar refractivity (Wildman–Crippen MR) is 85.4 cm³/mol. The number of rotatable bonds is 4. The van der Waals surface area contributed by atoms with Crippen LogP contribution in [0, 0.1) is 0 Å². The predicted octanol–water partition coefficient (Wildman–Crippen LogP) is 1.92. The molecule has 1 fully saturated rings. The summed E-state index contributed by atoms with van der Waals surface area (Å²) < 4.78 is 6.68. The van der Waals surface area contributed by atoms with E-state index in [1.807, 2.05) is 24.3 Å². The molecule has 1 aliphatic rings. The van der Waals surface area contributed by atoms with E-state index in [0.29, 0.717) is 34.8 Å². The van der Waals surface area contributed by atoms with E-state index in [2.05, 4.69) is 9.88 Å². The fourth-order valence-corrected chi connectivity index (χ4v) is 4.48. The number of hydrogen-bond acceptors (Lipinski definition) is 4. The van der Waals surface area contributed by atoms with Gasteiger partial charge in [0.25, 0.3) is 0 Å². The van der Waals surface area contributed by atoms with Gasteiger partial charge in [-0.05, 0) is 0 Å². The van der Waals surface area contributed by atoms with Crippen LogP contribution in [0.5, 0.6) is 0 Å². The number of morpholine rings is 1. The third kappa shape index (κ3) is 3.52. The summed E-state index contributed by atoms with van der Waals surface area (Å²) in [4.78, 5) is 18.3. The first-order chi connectivity index (χ1) is 10.6. The maximum absolute atomic E-state index is 11.5. The van der Waals surface area contributed by atoms with Crippen molar-refractivity contribution in [2.45, 2.75) is 6.42 Å². The maximum atomic E-state index is 11.5. The fraction of sp³-hybridized carbons (Fsp3) is 0.333. The zero-order chi connectivity index (χ0) is 15.5. The molecule has 0 aliphatic carbocycles. The van der Waals surface area contributed by atoms with Crippen molar-refractivity contribution < 1.29 is 14.6 Å². The number of ether oxygens (including phenoxy) is 1. The van der Waals surface area contributed by atoms with Crippen LogP contribution in [0.1, 0.15) is 20.5 Å². The molecular weight excluding hydrogens is 371 g/mol. The van der Waals surface area contributed by atoms with E-state index in [-0.39, 0.29) is 14.5 Å². The Morgan fingerprint density at radius 2 is 2.00 bits per heavy atom. The molecule has 1 aromatic carbocycles. The molecule has 0 bridgehead atoms. The third-order valence-corrected chi connectivity index (χ3v) is 6.10. The average Bonchev–Trinajstić information content (AvgIpc) is 2.95. The normalized spacial score (nSPS) is 15.0. The zero-order valence-corrected chi connectivity index (χ0v) is 14.3. The first-order valence-electron chi connectivity index (χ1n) is 6.93. The molecule has 5 nitrogen and oxygen atoms in total. The van der Waals surface area contributed by atoms with Crippen molar-refractivity contribution in [2.75, 3.05) is 31.2 Å². The number of hydrogen-bond donors (Lipinski definition) is 1. The van der Waals surface area contributed by atoms with Crippen LogP contribution in [0.3, 0.4) is 0 Å². The van der Waals surface area contributed by atoms with Crippen molar-refractivity contribution in [3.05, 3.63) is 45.0 Å². The monoisotopic (exact) mass is 386 g/mol. The van der Waals surface area contributed by atoms with Crippen LogP contribution in [0.4, 0.5) is 4.69 Å². The van der Waals surface area contributed by atoms with E-state index in [0.717, 1.165) is 23.3 Å². The Labute approximate surface area is 139 Å². The summed E-state index contributed by atoms with van der Waals surface area (Å²) in [5.74, 6) is -0.865. The van der Waals surface area contributed by atoms with Gasteiger partial charge in [0.05, 0.1) is 0 Å². The van der Waals surface area contributed by atoms with Crippen LogP contribution in [0.15, 0.2) is 24.3 Å². The summed E-state index contributed by atoms with van der Waals surface area (Å²) in [6.07, 6.45) is 0.522. The number of benzene rings is 1. The molecule has 2 aromatic rings. The first kappa shape index (κ1) is 15.6. The van der Waals surface area contributed by atoms with Crippen molar-refractivity contribution in [1.82, 2.24) is 4.98 Å². The van der Waals surface area contributed by atoms with E-state index in [1.54, 1.807) is 0 Å². The molecule has 1 saturated heterocycles. The van der Waals surface area contributed by atoms with Crippen molar-refractivity contribution in [2.24, 2.45) is 0 Å². The molecule has 2 heterocycles. The summed E-state index contributed by atoms with van der Waals surface area (Å²) >= 11 is 5.64. The third-order valence-electron chi connectivity index (χ3n) is 3.45. The van der Waals surface area contributed by atoms with Crippen LogP contribution in [-0.4, -0.2) is 56.9 Å². The molecule has 0 spiro atoms. The van der Waals surface area contributed by atoms with Gasteiger partial charge in [-0.1, -0.05) is 0 Å². The Morgan fingerprint density at radius 3 is 2.64 bits per heavy atom. The molecule has 0 radical (unpaired) electrons. The van der Waals surface area contributed by atoms with Crippen molar-refractivity contribution in [3.8, 4) is 0 Å². The number of anilines is 1. The number of aromatic nitrogens is 1. The number of carbonyl (C=O) groups is 1. The quantitative estimate of drug-likeness (QED) is 0.815. The van der Waals surface area contributed by atoms with Gasteiger partial charge in [-0.15, -0.1) is 0 Å². The SMILES string of the molecule is O=C(O)c1[se]c(N2CCOCC2)nc1Cc1ccc(Cl)cc1. The molecule has 3 rings (SSSR count). The van der Waals surface area contributed by atoms with Gasteiger partial charge >= 0.3 is 139 Å². The molecule has 0 amide bonds. The van der Waals surface area contributed by atoms with Gasteiger partial charge in [0.2, 0.25) is 0 Å². The second kappa shape index (κ2) is 6.84. The van der Waals surface area contributed by atoms with Gasteiger partial charge in [0.15, 0.2) is 0 Å². The Balaban J connectivity index is 1.86. The van der Waals surface area contributed by atoms with Crippen LogP contribution in [0.25, 0.3) is 0 Å². The number of nitrogens with zero attached hydrogens (tertiary/aromatic N) is 2. The van der Waals surface area contributed by atoms with Crippen LogP contribution in [0.2, 0.25) is 5.02 Å². The molecule has 0 saturated carbocycles. The fourth-order valence-electron chi connectivity index (χ4n) is 2.31. The molecular formula is C15H15ClN2O3Se. The van der Waals surface area contributed by atoms with Crippen molar-refractivity contribution in [3.63, 3.8) is 0 Å². The second-order valence-corrected chi connectivity index (χ2v) is 7.47. The van der Waals surface area contributed by atoms with Crippen LogP contribution < -0.4 is 4.90 Å². The topological polar surface area (TPSA) is 62.7 Å². The van der Waals surface area contributed by atoms with Crippen LogP contribution in [-0.2, 0) is 11.2 Å². The molecule has 22 heavy (non-hydrogen) atoms. The Morgan fingerprint density at radius 1 is 1.32 bits per heavy atom. The molecule has 7 heteroatoms. The number of carboxylic acid groups (broad SMARTS) is 1. The van der Waals surface area contributed by atoms with Crippen molar-refractivity contribution >= 4 is 36.8 Å². The van der Waals surface area contributed by atoms with Crippen LogP contribution >= 0.6 is 11.6 Å². The van der Waals surface area contributed by atoms with Gasteiger partial charge in [-0.25, -0.2) is 0 Å². The summed E-state index contributed by atoms with van der Waals surface area (Å²) in [6.45, 7) is 2.90. The van der Waals surface area contributed by atoms with Gasteiger partial charge in [-0.3, -0.25) is 0 Å². The summed E-state index contributed by atoms with van der Waals surface area (Å²) in [7, 11) is 0. The molecule has 0 unspecified atom stereocenters. The molecule has 1 N–H and O–H groups in total. The van der Waals surface area contributed by atoms with Gasteiger partial charge in [0.1, 0.15) is 0 Å². The average molecular weight is 386 g/mol. The summed E-state index contributed by atoms with van der Waals surface area (Å²) in [5.41, 5.74) is 1.68. The van der Waals surface area contributed by atoms with E-state index < -0.39 is 5.97 Å². The standard InChI is InChI=1S/C15H15ClN2O3Se/c16-11-3-1-10(2-4-11)9-12-13(14(19)20)22-15(17-12)18-5-7-21-8-6-18/h1-4H,5-9H2,(H,19,20). The first-order valence-corrected chi connectivity index (χ1v) is 9.03. The number of halogens is 1. The summed E-state index contributed by atoms with van der Waals surface area (Å²) in [6, 6.07) is 7.43. The molecule has 1 aliphatic heterocycles. The number of carboxylic acids is 1. The number of aromatic carboxylic acids is 1. The molecule has 0 atom stereocenters. The van der Waals surface area contributed by atoms with E-state index in [9.17, 15) is 9.90 Å². The van der Waals surface area contributed by atoms with Crippen molar-refractivity contribution in [1.29, 1.82) is 0 Å². The Hall–Kier alpha value is -1.33. The Bertz CT molecular complexity index is 666. The van der Waals surface area contributed by atoms with Gasteiger partial charge in [0, 0.05) is 0 Å². The van der Waals surface area contributed by atoms with E-state index in [4.69, 9.17) is 16.3 Å². The summed E-state index contributed by atoms with van der Waals surface area (Å²) in [5, 5.41) is 10.1. The second-order valence-electron chi connectivity index (χ2n) is 4.98. The van der Waals surface area contributed by atoms with E-state index >= 15 is 0 Å². The molecule has 116 valence electrons. The van der Waals surface area contributed by atoms with Gasteiger partial charge in [-0.2, -0.15) is 0 Å². The minimum atomic E-state index is -0.865. The van der Waals surface area contributed by atoms with Gasteiger partial charge < -0.3 is 0 Å². The minimum absolute atomic E-state index is 0.245. The van der Waals surface area contributed by atoms with E-state index in [1.165, 1.54) is 0 Å². The Kier molecular flexibility index (Phi) is 4.83. The zero-order valence-electron chi connectivity index (χ0n) is 11.8. The molecule has 1 aromatic heterocycles.